The van der Waals surface area contributed by atoms with Crippen molar-refractivity contribution in [1.82, 2.24) is 15.5 Å². The van der Waals surface area contributed by atoms with Crippen molar-refractivity contribution >= 4 is 17.2 Å². The molecule has 2 heterocycles. The minimum absolute atomic E-state index is 0.0620. The predicted octanol–water partition coefficient (Wildman–Crippen LogP) is 4.64. The standard InChI is InChI=1S/C22H19N3O2S/c26-19(11-12-20-24-22(25-27-20)18-13-14-28-15-18)23-21(16-7-3-1-4-8-16)17-9-5-2-6-10-17/h1-10,13-15,21H,11-12H2,(H,23,26). The van der Waals surface area contributed by atoms with Crippen molar-refractivity contribution in [2.24, 2.45) is 0 Å². The zero-order valence-corrected chi connectivity index (χ0v) is 15.9. The third-order valence-corrected chi connectivity index (χ3v) is 5.07. The zero-order valence-electron chi connectivity index (χ0n) is 15.1. The number of hydrogen-bond acceptors (Lipinski definition) is 5. The number of nitrogens with one attached hydrogen (secondary N) is 1. The first-order valence-electron chi connectivity index (χ1n) is 9.04. The Morgan fingerprint density at radius 3 is 2.29 bits per heavy atom. The van der Waals surface area contributed by atoms with Gasteiger partial charge in [0.05, 0.1) is 6.04 Å². The molecule has 140 valence electrons. The molecular formula is C22H19N3O2S. The molecule has 0 spiro atoms. The Morgan fingerprint density at radius 1 is 1.00 bits per heavy atom. The number of carbonyl (C=O) groups excluding carboxylic acids is 1. The summed E-state index contributed by atoms with van der Waals surface area (Å²) in [6.07, 6.45) is 0.681. The van der Waals surface area contributed by atoms with Crippen LogP contribution >= 0.6 is 11.3 Å². The lowest BCUT2D eigenvalue weighted by Gasteiger charge is -2.19. The molecule has 4 rings (SSSR count). The highest BCUT2D eigenvalue weighted by atomic mass is 32.1. The average Bonchev–Trinajstić information content (AvgIpc) is 3.43. The molecule has 0 atom stereocenters. The lowest BCUT2D eigenvalue weighted by atomic mass is 9.98. The monoisotopic (exact) mass is 389 g/mol. The maximum Gasteiger partial charge on any atom is 0.227 e. The summed E-state index contributed by atoms with van der Waals surface area (Å²) in [5.74, 6) is 0.961. The fourth-order valence-electron chi connectivity index (χ4n) is 2.97. The normalized spacial score (nSPS) is 10.9. The van der Waals surface area contributed by atoms with Gasteiger partial charge < -0.3 is 9.84 Å². The number of thiophene rings is 1. The van der Waals surface area contributed by atoms with Crippen LogP contribution in [0.1, 0.15) is 29.5 Å². The molecule has 0 saturated carbocycles. The second-order valence-electron chi connectivity index (χ2n) is 6.35. The van der Waals surface area contributed by atoms with Gasteiger partial charge in [0.2, 0.25) is 17.6 Å². The van der Waals surface area contributed by atoms with Crippen molar-refractivity contribution in [3.8, 4) is 11.4 Å². The van der Waals surface area contributed by atoms with Crippen molar-refractivity contribution in [3.63, 3.8) is 0 Å². The van der Waals surface area contributed by atoms with Crippen LogP contribution in [-0.4, -0.2) is 16.0 Å². The van der Waals surface area contributed by atoms with Gasteiger partial charge >= 0.3 is 0 Å². The third kappa shape index (κ3) is 4.35. The first kappa shape index (κ1) is 18.1. The smallest absolute Gasteiger partial charge is 0.227 e. The molecule has 2 aromatic carbocycles. The van der Waals surface area contributed by atoms with Gasteiger partial charge in [0.1, 0.15) is 0 Å². The lowest BCUT2D eigenvalue weighted by Crippen LogP contribution is -2.29. The van der Waals surface area contributed by atoms with E-state index in [1.54, 1.807) is 11.3 Å². The average molecular weight is 389 g/mol. The van der Waals surface area contributed by atoms with Crippen LogP contribution < -0.4 is 5.32 Å². The molecule has 0 aliphatic rings. The largest absolute Gasteiger partial charge is 0.345 e. The minimum Gasteiger partial charge on any atom is -0.345 e. The highest BCUT2D eigenvalue weighted by Crippen LogP contribution is 2.22. The van der Waals surface area contributed by atoms with E-state index in [1.807, 2.05) is 77.5 Å². The molecule has 0 aliphatic heterocycles. The quantitative estimate of drug-likeness (QED) is 0.500. The van der Waals surface area contributed by atoms with Crippen LogP contribution in [0.15, 0.2) is 82.0 Å². The van der Waals surface area contributed by atoms with E-state index in [0.717, 1.165) is 16.7 Å². The van der Waals surface area contributed by atoms with Gasteiger partial charge in [-0.15, -0.1) is 0 Å². The van der Waals surface area contributed by atoms with Crippen LogP contribution in [0, 0.1) is 0 Å². The number of rotatable bonds is 7. The Kier molecular flexibility index (Phi) is 5.58. The Bertz CT molecular complexity index is 975. The van der Waals surface area contributed by atoms with E-state index in [9.17, 15) is 4.79 Å². The Balaban J connectivity index is 1.42. The van der Waals surface area contributed by atoms with Gasteiger partial charge in [-0.1, -0.05) is 65.8 Å². The van der Waals surface area contributed by atoms with Gasteiger partial charge in [-0.25, -0.2) is 0 Å². The first-order valence-corrected chi connectivity index (χ1v) is 9.98. The minimum atomic E-state index is -0.195. The van der Waals surface area contributed by atoms with Crippen molar-refractivity contribution in [1.29, 1.82) is 0 Å². The summed E-state index contributed by atoms with van der Waals surface area (Å²) in [4.78, 5) is 17.0. The van der Waals surface area contributed by atoms with Crippen molar-refractivity contribution in [2.75, 3.05) is 0 Å². The maximum absolute atomic E-state index is 12.6. The summed E-state index contributed by atoms with van der Waals surface area (Å²) >= 11 is 1.58. The molecule has 5 nitrogen and oxygen atoms in total. The molecule has 6 heteroatoms. The number of nitrogens with zero attached hydrogens (tertiary/aromatic N) is 2. The van der Waals surface area contributed by atoms with Gasteiger partial charge in [-0.2, -0.15) is 16.3 Å². The van der Waals surface area contributed by atoms with Gasteiger partial charge in [0, 0.05) is 23.8 Å². The summed E-state index contributed by atoms with van der Waals surface area (Å²) in [5, 5.41) is 11.0. The number of aryl methyl sites for hydroxylation is 1. The molecule has 0 aliphatic carbocycles. The van der Waals surface area contributed by atoms with Gasteiger partial charge in [0.15, 0.2) is 0 Å². The highest BCUT2D eigenvalue weighted by molar-refractivity contribution is 7.08. The third-order valence-electron chi connectivity index (χ3n) is 4.38. The molecule has 28 heavy (non-hydrogen) atoms. The van der Waals surface area contributed by atoms with Gasteiger partial charge in [-0.05, 0) is 22.6 Å². The van der Waals surface area contributed by atoms with E-state index in [-0.39, 0.29) is 18.4 Å². The molecule has 0 bridgehead atoms. The number of carbonyl (C=O) groups is 1. The summed E-state index contributed by atoms with van der Waals surface area (Å²) in [6.45, 7) is 0. The van der Waals surface area contributed by atoms with E-state index in [4.69, 9.17) is 4.52 Å². The van der Waals surface area contributed by atoms with Gasteiger partial charge in [0.25, 0.3) is 0 Å². The van der Waals surface area contributed by atoms with E-state index >= 15 is 0 Å². The van der Waals surface area contributed by atoms with E-state index in [1.165, 1.54) is 0 Å². The lowest BCUT2D eigenvalue weighted by molar-refractivity contribution is -0.121. The van der Waals surface area contributed by atoms with Crippen LogP contribution in [0.2, 0.25) is 0 Å². The number of aromatic nitrogens is 2. The Hall–Kier alpha value is -3.25. The maximum atomic E-state index is 12.6. The topological polar surface area (TPSA) is 68.0 Å². The fourth-order valence-corrected chi connectivity index (χ4v) is 3.60. The molecule has 0 saturated heterocycles. The molecule has 1 N–H and O–H groups in total. The summed E-state index contributed by atoms with van der Waals surface area (Å²) in [5.41, 5.74) is 3.01. The fraction of sp³-hybridized carbons (Fsp3) is 0.136. The number of benzene rings is 2. The van der Waals surface area contributed by atoms with Crippen LogP contribution in [0.4, 0.5) is 0 Å². The second-order valence-corrected chi connectivity index (χ2v) is 7.13. The van der Waals surface area contributed by atoms with E-state index in [0.29, 0.717) is 18.1 Å². The molecule has 4 aromatic rings. The van der Waals surface area contributed by atoms with Crippen molar-refractivity contribution in [2.45, 2.75) is 18.9 Å². The van der Waals surface area contributed by atoms with Crippen LogP contribution in [0.3, 0.4) is 0 Å². The Morgan fingerprint density at radius 2 is 1.68 bits per heavy atom. The van der Waals surface area contributed by atoms with E-state index in [2.05, 4.69) is 15.5 Å². The van der Waals surface area contributed by atoms with Gasteiger partial charge in [-0.3, -0.25) is 4.79 Å². The van der Waals surface area contributed by atoms with Crippen LogP contribution in [0.25, 0.3) is 11.4 Å². The highest BCUT2D eigenvalue weighted by Gasteiger charge is 2.17. The summed E-state index contributed by atoms with van der Waals surface area (Å²) in [7, 11) is 0. The molecule has 2 aromatic heterocycles. The zero-order chi connectivity index (χ0) is 19.2. The molecule has 0 fully saturated rings. The SMILES string of the molecule is O=C(CCc1nc(-c2ccsc2)no1)NC(c1ccccc1)c1ccccc1. The molecule has 1 amide bonds. The number of hydrogen-bond donors (Lipinski definition) is 1. The van der Waals surface area contributed by atoms with Crippen LogP contribution in [-0.2, 0) is 11.2 Å². The Labute approximate surface area is 167 Å². The molecule has 0 unspecified atom stereocenters. The predicted molar refractivity (Wildman–Crippen MR) is 109 cm³/mol. The van der Waals surface area contributed by atoms with Crippen LogP contribution in [0.5, 0.6) is 0 Å². The van der Waals surface area contributed by atoms with Crippen molar-refractivity contribution < 1.29 is 9.32 Å². The molecule has 0 radical (unpaired) electrons. The first-order chi connectivity index (χ1) is 13.8. The molecular weight excluding hydrogens is 370 g/mol. The number of amides is 1. The summed E-state index contributed by atoms with van der Waals surface area (Å²) in [6, 6.07) is 21.6. The second kappa shape index (κ2) is 8.63. The summed E-state index contributed by atoms with van der Waals surface area (Å²) < 4.78 is 5.28. The van der Waals surface area contributed by atoms with E-state index < -0.39 is 0 Å². The van der Waals surface area contributed by atoms with Crippen molar-refractivity contribution in [3.05, 3.63) is 94.5 Å².